The Labute approximate surface area is 210 Å². The molecule has 1 N–H and O–H groups in total. The van der Waals surface area contributed by atoms with Gasteiger partial charge in [0.25, 0.3) is 0 Å². The van der Waals surface area contributed by atoms with Crippen LogP contribution in [0.1, 0.15) is 37.1 Å². The fraction of sp³-hybridized carbons (Fsp3) is 0.348. The number of pyridine rings is 1. The first-order valence-electron chi connectivity index (χ1n) is 10.2. The van der Waals surface area contributed by atoms with Gasteiger partial charge >= 0.3 is 0 Å². The lowest BCUT2D eigenvalue weighted by molar-refractivity contribution is -0.115. The maximum atomic E-state index is 11.8. The van der Waals surface area contributed by atoms with Crippen molar-refractivity contribution in [2.24, 2.45) is 0 Å². The maximum Gasteiger partial charge on any atom is 0.225 e. The van der Waals surface area contributed by atoms with Crippen LogP contribution < -0.4 is 5.32 Å². The molecule has 1 aliphatic rings. The topological polar surface area (TPSA) is 58.1 Å². The fourth-order valence-electron chi connectivity index (χ4n) is 3.67. The number of carbonyl (C=O) groups is 1. The van der Waals surface area contributed by atoms with E-state index in [0.717, 1.165) is 47.6 Å². The number of likely N-dealkylation sites (tertiary alicyclic amines) is 1. The highest BCUT2D eigenvalue weighted by atomic mass is 35.5. The van der Waals surface area contributed by atoms with Crippen LogP contribution in [0.25, 0.3) is 21.7 Å². The van der Waals surface area contributed by atoms with Gasteiger partial charge in [0.05, 0.1) is 15.6 Å². The minimum absolute atomic E-state index is 0. The maximum absolute atomic E-state index is 11.8. The van der Waals surface area contributed by atoms with Gasteiger partial charge in [-0.2, -0.15) is 0 Å². The SMILES string of the molecule is CCC(=O)Nc1cc(-c2sc(C3CCN(C)CC3)nc2-c2cccc(Cl)c2)ccn1.Cl.Cl. The number of carbonyl (C=O) groups excluding carboxylic acids is 1. The van der Waals surface area contributed by atoms with Crippen molar-refractivity contribution >= 4 is 59.5 Å². The normalized spacial score (nSPS) is 14.3. The molecule has 5 nitrogen and oxygen atoms in total. The Balaban J connectivity index is 0.00000181. The number of nitrogens with one attached hydrogen (secondary N) is 1. The molecule has 172 valence electrons. The minimum atomic E-state index is -0.0500. The Bertz CT molecular complexity index is 1050. The van der Waals surface area contributed by atoms with Gasteiger partial charge in [-0.05, 0) is 62.8 Å². The van der Waals surface area contributed by atoms with Gasteiger partial charge in [0, 0.05) is 29.1 Å². The van der Waals surface area contributed by atoms with Crippen LogP contribution in [0.15, 0.2) is 42.6 Å². The van der Waals surface area contributed by atoms with Gasteiger partial charge in [-0.1, -0.05) is 30.7 Å². The van der Waals surface area contributed by atoms with Crippen LogP contribution in [0.5, 0.6) is 0 Å². The van der Waals surface area contributed by atoms with Crippen LogP contribution in [-0.4, -0.2) is 40.9 Å². The third-order valence-electron chi connectivity index (χ3n) is 5.42. The van der Waals surface area contributed by atoms with Crippen molar-refractivity contribution in [3.8, 4) is 21.7 Å². The molecule has 0 unspecified atom stereocenters. The number of hydrogen-bond acceptors (Lipinski definition) is 5. The first-order valence-corrected chi connectivity index (χ1v) is 11.4. The molecule has 1 saturated heterocycles. The van der Waals surface area contributed by atoms with Crippen molar-refractivity contribution in [1.29, 1.82) is 0 Å². The molecule has 2 aromatic heterocycles. The Morgan fingerprint density at radius 1 is 1.19 bits per heavy atom. The van der Waals surface area contributed by atoms with Crippen molar-refractivity contribution in [1.82, 2.24) is 14.9 Å². The standard InChI is InChI=1S/C23H25ClN4OS.2ClH/c1-3-20(29)26-19-14-17(7-10-25-19)22-21(16-5-4-6-18(24)13-16)27-23(30-22)15-8-11-28(2)12-9-15;;/h4-7,10,13-15H,3,8-9,11-12H2,1-2H3,(H,25,26,29);2*1H. The van der Waals surface area contributed by atoms with Gasteiger partial charge in [0.15, 0.2) is 0 Å². The average Bonchev–Trinajstić information content (AvgIpc) is 3.20. The summed E-state index contributed by atoms with van der Waals surface area (Å²) in [4.78, 5) is 24.7. The molecule has 3 aromatic rings. The lowest BCUT2D eigenvalue weighted by Crippen LogP contribution is -2.29. The first-order chi connectivity index (χ1) is 14.5. The molecule has 1 aromatic carbocycles. The number of halogens is 3. The van der Waals surface area contributed by atoms with Crippen LogP contribution in [0, 0.1) is 0 Å². The van der Waals surface area contributed by atoms with E-state index in [4.69, 9.17) is 16.6 Å². The predicted molar refractivity (Wildman–Crippen MR) is 139 cm³/mol. The molecule has 0 saturated carbocycles. The summed E-state index contributed by atoms with van der Waals surface area (Å²) < 4.78 is 0. The molecule has 0 spiro atoms. The highest BCUT2D eigenvalue weighted by Crippen LogP contribution is 2.42. The van der Waals surface area contributed by atoms with E-state index in [1.165, 1.54) is 5.01 Å². The Morgan fingerprint density at radius 2 is 1.94 bits per heavy atom. The molecule has 0 bridgehead atoms. The van der Waals surface area contributed by atoms with E-state index in [9.17, 15) is 4.79 Å². The zero-order chi connectivity index (χ0) is 21.1. The molecule has 1 aliphatic heterocycles. The number of thiazole rings is 1. The summed E-state index contributed by atoms with van der Waals surface area (Å²) in [5, 5.41) is 4.72. The predicted octanol–water partition coefficient (Wildman–Crippen LogP) is 6.53. The molecule has 0 radical (unpaired) electrons. The van der Waals surface area contributed by atoms with E-state index >= 15 is 0 Å². The fourth-order valence-corrected chi connectivity index (χ4v) is 5.11. The second kappa shape index (κ2) is 12.0. The molecule has 9 heteroatoms. The van der Waals surface area contributed by atoms with E-state index in [1.54, 1.807) is 17.5 Å². The number of piperidine rings is 1. The number of rotatable bonds is 5. The Hall–Kier alpha value is -1.70. The second-order valence-electron chi connectivity index (χ2n) is 7.65. The summed E-state index contributed by atoms with van der Waals surface area (Å²) in [5.41, 5.74) is 2.95. The highest BCUT2D eigenvalue weighted by Gasteiger charge is 2.24. The lowest BCUT2D eigenvalue weighted by Gasteiger charge is -2.27. The van der Waals surface area contributed by atoms with E-state index in [1.807, 2.05) is 43.3 Å². The average molecular weight is 514 g/mol. The van der Waals surface area contributed by atoms with E-state index in [0.29, 0.717) is 23.2 Å². The van der Waals surface area contributed by atoms with Crippen LogP contribution >= 0.6 is 47.8 Å². The zero-order valence-corrected chi connectivity index (χ0v) is 21.2. The highest BCUT2D eigenvalue weighted by molar-refractivity contribution is 7.15. The van der Waals surface area contributed by atoms with Crippen molar-refractivity contribution in [2.45, 2.75) is 32.1 Å². The van der Waals surface area contributed by atoms with Crippen LogP contribution in [0.4, 0.5) is 5.82 Å². The molecule has 0 atom stereocenters. The monoisotopic (exact) mass is 512 g/mol. The molecular formula is C23H27Cl3N4OS. The van der Waals surface area contributed by atoms with Crippen LogP contribution in [0.3, 0.4) is 0 Å². The van der Waals surface area contributed by atoms with Crippen molar-refractivity contribution in [3.63, 3.8) is 0 Å². The van der Waals surface area contributed by atoms with E-state index in [2.05, 4.69) is 22.2 Å². The van der Waals surface area contributed by atoms with Gasteiger partial charge < -0.3 is 10.2 Å². The number of amides is 1. The van der Waals surface area contributed by atoms with E-state index in [-0.39, 0.29) is 30.7 Å². The largest absolute Gasteiger partial charge is 0.311 e. The van der Waals surface area contributed by atoms with Gasteiger partial charge in [-0.15, -0.1) is 36.2 Å². The van der Waals surface area contributed by atoms with Crippen molar-refractivity contribution in [3.05, 3.63) is 52.6 Å². The quantitative estimate of drug-likeness (QED) is 0.421. The summed E-state index contributed by atoms with van der Waals surface area (Å²) in [6.07, 6.45) is 4.39. The zero-order valence-electron chi connectivity index (χ0n) is 18.0. The molecular weight excluding hydrogens is 487 g/mol. The lowest BCUT2D eigenvalue weighted by atomic mass is 9.98. The van der Waals surface area contributed by atoms with Gasteiger partial charge in [0.1, 0.15) is 5.82 Å². The number of anilines is 1. The van der Waals surface area contributed by atoms with E-state index < -0.39 is 0 Å². The smallest absolute Gasteiger partial charge is 0.225 e. The number of benzene rings is 1. The minimum Gasteiger partial charge on any atom is -0.311 e. The molecule has 32 heavy (non-hydrogen) atoms. The molecule has 1 fully saturated rings. The summed E-state index contributed by atoms with van der Waals surface area (Å²) in [6.45, 7) is 4.01. The molecule has 0 aliphatic carbocycles. The van der Waals surface area contributed by atoms with Crippen molar-refractivity contribution < 1.29 is 4.79 Å². The summed E-state index contributed by atoms with van der Waals surface area (Å²) in [5.74, 6) is 0.982. The molecule has 4 rings (SSSR count). The van der Waals surface area contributed by atoms with Crippen molar-refractivity contribution in [2.75, 3.05) is 25.5 Å². The Kier molecular flexibility index (Phi) is 9.92. The first kappa shape index (κ1) is 26.6. The number of nitrogens with zero attached hydrogens (tertiary/aromatic N) is 3. The van der Waals surface area contributed by atoms with Crippen LogP contribution in [-0.2, 0) is 4.79 Å². The summed E-state index contributed by atoms with van der Waals surface area (Å²) in [6, 6.07) is 11.7. The third kappa shape index (κ3) is 6.21. The second-order valence-corrected chi connectivity index (χ2v) is 9.12. The molecule has 1 amide bonds. The number of aromatic nitrogens is 2. The van der Waals surface area contributed by atoms with Gasteiger partial charge in [-0.3, -0.25) is 4.79 Å². The third-order valence-corrected chi connectivity index (χ3v) is 6.92. The van der Waals surface area contributed by atoms with Crippen LogP contribution in [0.2, 0.25) is 5.02 Å². The summed E-state index contributed by atoms with van der Waals surface area (Å²) in [7, 11) is 2.17. The Morgan fingerprint density at radius 3 is 2.62 bits per heavy atom. The summed E-state index contributed by atoms with van der Waals surface area (Å²) >= 11 is 8.02. The number of hydrogen-bond donors (Lipinski definition) is 1. The van der Waals surface area contributed by atoms with Gasteiger partial charge in [0.2, 0.25) is 5.91 Å². The molecule has 3 heterocycles. The van der Waals surface area contributed by atoms with Gasteiger partial charge in [-0.25, -0.2) is 9.97 Å².